The van der Waals surface area contributed by atoms with Gasteiger partial charge < -0.3 is 10.4 Å². The van der Waals surface area contributed by atoms with Gasteiger partial charge in [0.05, 0.1) is 0 Å². The first-order valence-electron chi connectivity index (χ1n) is 5.58. The molecule has 0 aliphatic rings. The van der Waals surface area contributed by atoms with Crippen molar-refractivity contribution >= 4 is 29.2 Å². The second-order valence-electron chi connectivity index (χ2n) is 3.65. The Hall–Kier alpha value is -0.520. The molecule has 0 saturated heterocycles. The first-order chi connectivity index (χ1) is 8.15. The summed E-state index contributed by atoms with van der Waals surface area (Å²) < 4.78 is 0. The number of thioether (sulfide) groups is 1. The van der Waals surface area contributed by atoms with Crippen LogP contribution in [0.1, 0.15) is 17.8 Å². The average molecular weight is 276 g/mol. The van der Waals surface area contributed by atoms with Crippen LogP contribution in [0.5, 0.6) is 0 Å². The molecule has 1 heterocycles. The van der Waals surface area contributed by atoms with Crippen LogP contribution in [-0.4, -0.2) is 39.7 Å². The third-order valence-corrected chi connectivity index (χ3v) is 3.62. The molecule has 0 fully saturated rings. The molecule has 2 N–H and O–H groups in total. The summed E-state index contributed by atoms with van der Waals surface area (Å²) in [5.41, 5.74) is 0.887. The maximum atomic E-state index is 8.64. The molecule has 0 aliphatic carbocycles. The Kier molecular flexibility index (Phi) is 6.62. The van der Waals surface area contributed by atoms with Gasteiger partial charge in [0.2, 0.25) is 0 Å². The van der Waals surface area contributed by atoms with Gasteiger partial charge in [-0.3, -0.25) is 0 Å². The van der Waals surface area contributed by atoms with Gasteiger partial charge >= 0.3 is 0 Å². The number of anilines is 1. The van der Waals surface area contributed by atoms with Crippen molar-refractivity contribution in [3.05, 3.63) is 16.5 Å². The molecular weight excluding hydrogens is 258 g/mol. The topological polar surface area (TPSA) is 58.0 Å². The van der Waals surface area contributed by atoms with Crippen LogP contribution in [0.25, 0.3) is 0 Å². The van der Waals surface area contributed by atoms with Gasteiger partial charge in [0.25, 0.3) is 0 Å². The Labute approximate surface area is 111 Å². The molecule has 0 unspecified atom stereocenters. The van der Waals surface area contributed by atoms with Gasteiger partial charge in [0, 0.05) is 24.5 Å². The highest BCUT2D eigenvalue weighted by Crippen LogP contribution is 2.19. The van der Waals surface area contributed by atoms with E-state index in [0.29, 0.717) is 11.0 Å². The SMILES string of the molecule is Cc1nc(Cl)c(C)c(NCCSCCCO)n1. The van der Waals surface area contributed by atoms with Crippen LogP contribution in [0.2, 0.25) is 5.15 Å². The van der Waals surface area contributed by atoms with E-state index in [2.05, 4.69) is 15.3 Å². The van der Waals surface area contributed by atoms with Crippen LogP contribution in [-0.2, 0) is 0 Å². The van der Waals surface area contributed by atoms with Crippen molar-refractivity contribution < 1.29 is 5.11 Å². The van der Waals surface area contributed by atoms with Gasteiger partial charge in [-0.2, -0.15) is 11.8 Å². The van der Waals surface area contributed by atoms with Gasteiger partial charge in [0.15, 0.2) is 0 Å². The minimum Gasteiger partial charge on any atom is -0.396 e. The molecule has 0 aliphatic heterocycles. The smallest absolute Gasteiger partial charge is 0.137 e. The van der Waals surface area contributed by atoms with Crippen LogP contribution in [0.4, 0.5) is 5.82 Å². The fraction of sp³-hybridized carbons (Fsp3) is 0.636. The molecule has 0 amide bonds. The van der Waals surface area contributed by atoms with E-state index >= 15 is 0 Å². The van der Waals surface area contributed by atoms with Crippen LogP contribution >= 0.6 is 23.4 Å². The second kappa shape index (κ2) is 7.74. The van der Waals surface area contributed by atoms with Gasteiger partial charge in [0.1, 0.15) is 16.8 Å². The Balaban J connectivity index is 2.36. The predicted octanol–water partition coefficient (Wildman–Crippen LogP) is 2.27. The van der Waals surface area contributed by atoms with E-state index in [1.165, 1.54) is 0 Å². The Morgan fingerprint density at radius 3 is 2.76 bits per heavy atom. The summed E-state index contributed by atoms with van der Waals surface area (Å²) in [5.74, 6) is 3.46. The van der Waals surface area contributed by atoms with Crippen LogP contribution in [0, 0.1) is 13.8 Å². The average Bonchev–Trinajstić information content (AvgIpc) is 2.29. The van der Waals surface area contributed by atoms with Crippen molar-refractivity contribution in [1.29, 1.82) is 0 Å². The van der Waals surface area contributed by atoms with Crippen LogP contribution in [0.3, 0.4) is 0 Å². The summed E-state index contributed by atoms with van der Waals surface area (Å²) in [6, 6.07) is 0. The Morgan fingerprint density at radius 1 is 1.29 bits per heavy atom. The summed E-state index contributed by atoms with van der Waals surface area (Å²) in [6.45, 7) is 4.83. The molecule has 0 aromatic carbocycles. The van der Waals surface area contributed by atoms with Gasteiger partial charge in [-0.25, -0.2) is 9.97 Å². The molecule has 17 heavy (non-hydrogen) atoms. The van der Waals surface area contributed by atoms with Crippen molar-refractivity contribution in [3.8, 4) is 0 Å². The number of aliphatic hydroxyl groups excluding tert-OH is 1. The third kappa shape index (κ3) is 5.10. The van der Waals surface area contributed by atoms with E-state index in [1.807, 2.05) is 25.6 Å². The lowest BCUT2D eigenvalue weighted by molar-refractivity contribution is 0.296. The minimum atomic E-state index is 0.264. The lowest BCUT2D eigenvalue weighted by atomic mass is 10.3. The molecule has 0 radical (unpaired) electrons. The number of hydrogen-bond acceptors (Lipinski definition) is 5. The van der Waals surface area contributed by atoms with E-state index < -0.39 is 0 Å². The summed E-state index contributed by atoms with van der Waals surface area (Å²) in [6.07, 6.45) is 0.849. The lowest BCUT2D eigenvalue weighted by Gasteiger charge is -2.09. The van der Waals surface area contributed by atoms with Crippen molar-refractivity contribution in [2.45, 2.75) is 20.3 Å². The first-order valence-corrected chi connectivity index (χ1v) is 7.11. The molecule has 1 rings (SSSR count). The maximum Gasteiger partial charge on any atom is 0.137 e. The molecule has 4 nitrogen and oxygen atoms in total. The zero-order valence-electron chi connectivity index (χ0n) is 10.2. The normalized spacial score (nSPS) is 10.6. The number of aromatic nitrogens is 2. The fourth-order valence-corrected chi connectivity index (χ4v) is 2.27. The highest BCUT2D eigenvalue weighted by atomic mass is 35.5. The van der Waals surface area contributed by atoms with Gasteiger partial charge in [-0.1, -0.05) is 11.6 Å². The number of aryl methyl sites for hydroxylation is 1. The molecular formula is C11H18ClN3OS. The summed E-state index contributed by atoms with van der Waals surface area (Å²) in [7, 11) is 0. The quantitative estimate of drug-likeness (QED) is 0.591. The Bertz CT molecular complexity index is 363. The van der Waals surface area contributed by atoms with E-state index in [0.717, 1.165) is 35.9 Å². The summed E-state index contributed by atoms with van der Waals surface area (Å²) >= 11 is 7.79. The standard InChI is InChI=1S/C11H18ClN3OS/c1-8-10(12)14-9(2)15-11(8)13-4-7-17-6-3-5-16/h16H,3-7H2,1-2H3,(H,13,14,15). The monoisotopic (exact) mass is 275 g/mol. The van der Waals surface area contributed by atoms with E-state index in [9.17, 15) is 0 Å². The molecule has 6 heteroatoms. The number of rotatable bonds is 7. The summed E-state index contributed by atoms with van der Waals surface area (Å²) in [4.78, 5) is 8.40. The fourth-order valence-electron chi connectivity index (χ4n) is 1.28. The largest absolute Gasteiger partial charge is 0.396 e. The molecule has 1 aromatic rings. The molecule has 0 saturated carbocycles. The second-order valence-corrected chi connectivity index (χ2v) is 5.23. The number of nitrogens with zero attached hydrogens (tertiary/aromatic N) is 2. The van der Waals surface area contributed by atoms with Crippen molar-refractivity contribution in [2.75, 3.05) is 30.0 Å². The zero-order chi connectivity index (χ0) is 12.7. The van der Waals surface area contributed by atoms with Gasteiger partial charge in [-0.05, 0) is 26.0 Å². The number of nitrogens with one attached hydrogen (secondary N) is 1. The minimum absolute atomic E-state index is 0.264. The van der Waals surface area contributed by atoms with E-state index in [1.54, 1.807) is 0 Å². The summed E-state index contributed by atoms with van der Waals surface area (Å²) in [5, 5.41) is 12.4. The molecule has 0 atom stereocenters. The Morgan fingerprint density at radius 2 is 2.06 bits per heavy atom. The van der Waals surface area contributed by atoms with Crippen molar-refractivity contribution in [2.24, 2.45) is 0 Å². The first kappa shape index (κ1) is 14.5. The van der Waals surface area contributed by atoms with Crippen molar-refractivity contribution in [3.63, 3.8) is 0 Å². The van der Waals surface area contributed by atoms with E-state index in [4.69, 9.17) is 16.7 Å². The number of aliphatic hydroxyl groups is 1. The number of halogens is 1. The number of hydrogen-bond donors (Lipinski definition) is 2. The molecule has 0 bridgehead atoms. The van der Waals surface area contributed by atoms with Crippen LogP contribution < -0.4 is 5.32 Å². The zero-order valence-corrected chi connectivity index (χ0v) is 11.7. The van der Waals surface area contributed by atoms with Crippen molar-refractivity contribution in [1.82, 2.24) is 9.97 Å². The third-order valence-electron chi connectivity index (χ3n) is 2.18. The van der Waals surface area contributed by atoms with Gasteiger partial charge in [-0.15, -0.1) is 0 Å². The predicted molar refractivity (Wildman–Crippen MR) is 74.0 cm³/mol. The molecule has 96 valence electrons. The lowest BCUT2D eigenvalue weighted by Crippen LogP contribution is -2.09. The highest BCUT2D eigenvalue weighted by molar-refractivity contribution is 7.99. The highest BCUT2D eigenvalue weighted by Gasteiger charge is 2.06. The van der Waals surface area contributed by atoms with Crippen LogP contribution in [0.15, 0.2) is 0 Å². The molecule has 1 aromatic heterocycles. The van der Waals surface area contributed by atoms with E-state index in [-0.39, 0.29) is 6.61 Å². The molecule has 0 spiro atoms. The maximum absolute atomic E-state index is 8.64.